The van der Waals surface area contributed by atoms with Crippen LogP contribution >= 0.6 is 0 Å². The van der Waals surface area contributed by atoms with Gasteiger partial charge in [0, 0.05) is 11.0 Å². The molecule has 0 radical (unpaired) electrons. The summed E-state index contributed by atoms with van der Waals surface area (Å²) in [5.41, 5.74) is 4.92. The number of Topliss-reactive ketones (excluding diaryl/α,β-unsaturated/α-hetero) is 1. The first-order valence-electron chi connectivity index (χ1n) is 7.83. The van der Waals surface area contributed by atoms with E-state index in [1.807, 2.05) is 0 Å². The molecular weight excluding hydrogens is 326 g/mol. The lowest BCUT2D eigenvalue weighted by Crippen LogP contribution is -2.61. The molecule has 1 aliphatic heterocycles. The molecule has 134 valence electrons. The fraction of sp³-hybridized carbons (Fsp3) is 0.412. The van der Waals surface area contributed by atoms with Crippen molar-refractivity contribution >= 4 is 24.1 Å². The van der Waals surface area contributed by atoms with Gasteiger partial charge in [0.15, 0.2) is 12.1 Å². The minimum Gasteiger partial charge on any atom is -0.449 e. The van der Waals surface area contributed by atoms with Crippen molar-refractivity contribution < 1.29 is 23.9 Å². The topological polar surface area (TPSA) is 114 Å². The van der Waals surface area contributed by atoms with Crippen LogP contribution in [0.3, 0.4) is 0 Å². The van der Waals surface area contributed by atoms with Crippen LogP contribution in [-0.4, -0.2) is 42.8 Å². The molecule has 25 heavy (non-hydrogen) atoms. The summed E-state index contributed by atoms with van der Waals surface area (Å²) < 4.78 is 4.91. The van der Waals surface area contributed by atoms with Gasteiger partial charge >= 0.3 is 6.09 Å². The Bertz CT molecular complexity index is 701. The number of hydrogen-bond donors (Lipinski definition) is 3. The fourth-order valence-corrected chi connectivity index (χ4v) is 2.51. The van der Waals surface area contributed by atoms with Crippen LogP contribution in [0, 0.1) is 5.41 Å². The van der Waals surface area contributed by atoms with Gasteiger partial charge in [0.1, 0.15) is 12.6 Å². The lowest BCUT2D eigenvalue weighted by molar-refractivity contribution is -0.127. The molecule has 3 N–H and O–H groups in total. The standard InChI is InChI=1S/C17H21N3O5/c1-10(13(22)14-17(2,3)9-25-16(24)18-14)19-20-15(23)12-7-5-4-6-11(12)8-21/h4-8,10,14,19H,9H2,1-3H3,(H,18,24)(H,20,23)/t10-,14-/m1/s1. The molecule has 8 heteroatoms. The first-order valence-corrected chi connectivity index (χ1v) is 7.83. The Kier molecular flexibility index (Phi) is 5.53. The van der Waals surface area contributed by atoms with Gasteiger partial charge < -0.3 is 10.1 Å². The molecule has 1 aliphatic rings. The van der Waals surface area contributed by atoms with Crippen LogP contribution in [-0.2, 0) is 9.53 Å². The van der Waals surface area contributed by atoms with E-state index in [9.17, 15) is 19.2 Å². The van der Waals surface area contributed by atoms with E-state index >= 15 is 0 Å². The summed E-state index contributed by atoms with van der Waals surface area (Å²) in [4.78, 5) is 47.1. The van der Waals surface area contributed by atoms with Crippen LogP contribution in [0.5, 0.6) is 0 Å². The maximum Gasteiger partial charge on any atom is 0.407 e. The highest BCUT2D eigenvalue weighted by molar-refractivity contribution is 6.01. The zero-order chi connectivity index (χ0) is 18.6. The van der Waals surface area contributed by atoms with Gasteiger partial charge in [-0.05, 0) is 13.0 Å². The molecule has 1 aromatic carbocycles. The van der Waals surface area contributed by atoms with Crippen molar-refractivity contribution in [2.45, 2.75) is 32.9 Å². The summed E-state index contributed by atoms with van der Waals surface area (Å²) in [5, 5.41) is 2.52. The van der Waals surface area contributed by atoms with E-state index in [-0.39, 0.29) is 23.5 Å². The Morgan fingerprint density at radius 3 is 2.72 bits per heavy atom. The van der Waals surface area contributed by atoms with Crippen molar-refractivity contribution in [1.29, 1.82) is 0 Å². The Morgan fingerprint density at radius 1 is 1.36 bits per heavy atom. The van der Waals surface area contributed by atoms with E-state index in [0.717, 1.165) is 0 Å². The van der Waals surface area contributed by atoms with Crippen LogP contribution in [0.15, 0.2) is 24.3 Å². The molecule has 0 unspecified atom stereocenters. The number of aldehydes is 1. The van der Waals surface area contributed by atoms with Gasteiger partial charge in [-0.15, -0.1) is 0 Å². The van der Waals surface area contributed by atoms with Crippen molar-refractivity contribution in [3.8, 4) is 0 Å². The summed E-state index contributed by atoms with van der Waals surface area (Å²) in [6, 6.07) is 4.82. The van der Waals surface area contributed by atoms with E-state index in [4.69, 9.17) is 4.74 Å². The predicted octanol–water partition coefficient (Wildman–Crippen LogP) is 0.826. The highest BCUT2D eigenvalue weighted by Gasteiger charge is 2.42. The van der Waals surface area contributed by atoms with Crippen molar-refractivity contribution in [2.24, 2.45) is 5.41 Å². The second-order valence-corrected chi connectivity index (χ2v) is 6.57. The second kappa shape index (κ2) is 7.43. The van der Waals surface area contributed by atoms with Crippen LogP contribution in [0.2, 0.25) is 0 Å². The molecule has 0 saturated carbocycles. The van der Waals surface area contributed by atoms with Gasteiger partial charge in [0.25, 0.3) is 5.91 Å². The van der Waals surface area contributed by atoms with Gasteiger partial charge in [-0.25, -0.2) is 10.2 Å². The number of hydrogen-bond acceptors (Lipinski definition) is 6. The van der Waals surface area contributed by atoms with Crippen LogP contribution < -0.4 is 16.2 Å². The largest absolute Gasteiger partial charge is 0.449 e. The highest BCUT2D eigenvalue weighted by atomic mass is 16.6. The van der Waals surface area contributed by atoms with Gasteiger partial charge in [-0.1, -0.05) is 32.0 Å². The predicted molar refractivity (Wildman–Crippen MR) is 89.0 cm³/mol. The molecule has 0 spiro atoms. The molecule has 1 saturated heterocycles. The number of rotatable bonds is 6. The number of hydrazine groups is 1. The zero-order valence-electron chi connectivity index (χ0n) is 14.3. The van der Waals surface area contributed by atoms with E-state index in [1.54, 1.807) is 32.9 Å². The molecule has 1 fully saturated rings. The summed E-state index contributed by atoms with van der Waals surface area (Å²) in [7, 11) is 0. The second-order valence-electron chi connectivity index (χ2n) is 6.57. The van der Waals surface area contributed by atoms with Crippen LogP contribution in [0.25, 0.3) is 0 Å². The number of alkyl carbamates (subject to hydrolysis) is 1. The number of nitrogens with one attached hydrogen (secondary N) is 3. The molecular formula is C17H21N3O5. The van der Waals surface area contributed by atoms with Crippen molar-refractivity contribution in [3.63, 3.8) is 0 Å². The Balaban J connectivity index is 2.00. The first kappa shape index (κ1) is 18.6. The summed E-state index contributed by atoms with van der Waals surface area (Å²) in [5.74, 6) is -0.816. The molecule has 2 atom stereocenters. The van der Waals surface area contributed by atoms with Gasteiger partial charge in [0.05, 0.1) is 11.6 Å². The molecule has 2 rings (SSSR count). The average Bonchev–Trinajstić information content (AvgIpc) is 2.60. The van der Waals surface area contributed by atoms with Crippen molar-refractivity contribution in [2.75, 3.05) is 6.61 Å². The first-order chi connectivity index (χ1) is 11.8. The number of ether oxygens (including phenoxy) is 1. The molecule has 1 heterocycles. The van der Waals surface area contributed by atoms with E-state index in [1.165, 1.54) is 12.1 Å². The molecule has 0 aliphatic carbocycles. The lowest BCUT2D eigenvalue weighted by atomic mass is 9.80. The number of amides is 2. The van der Waals surface area contributed by atoms with Crippen LogP contribution in [0.1, 0.15) is 41.5 Å². The third-order valence-electron chi connectivity index (χ3n) is 4.06. The smallest absolute Gasteiger partial charge is 0.407 e. The fourth-order valence-electron chi connectivity index (χ4n) is 2.51. The average molecular weight is 347 g/mol. The maximum atomic E-state index is 12.6. The highest BCUT2D eigenvalue weighted by Crippen LogP contribution is 2.26. The van der Waals surface area contributed by atoms with E-state index in [0.29, 0.717) is 6.29 Å². The monoisotopic (exact) mass is 347 g/mol. The Labute approximate surface area is 145 Å². The van der Waals surface area contributed by atoms with Crippen molar-refractivity contribution in [1.82, 2.24) is 16.2 Å². The number of carbonyl (C=O) groups is 4. The summed E-state index contributed by atoms with van der Waals surface area (Å²) in [6.45, 7) is 5.31. The molecule has 1 aromatic rings. The van der Waals surface area contributed by atoms with E-state index < -0.39 is 29.5 Å². The molecule has 8 nitrogen and oxygen atoms in total. The number of cyclic esters (lactones) is 1. The molecule has 0 aromatic heterocycles. The normalized spacial score (nSPS) is 20.0. The van der Waals surface area contributed by atoms with Gasteiger partial charge in [0.2, 0.25) is 0 Å². The summed E-state index contributed by atoms with van der Waals surface area (Å²) in [6.07, 6.45) is -0.0577. The Morgan fingerprint density at radius 2 is 2.04 bits per heavy atom. The minimum atomic E-state index is -0.755. The van der Waals surface area contributed by atoms with Gasteiger partial charge in [-0.3, -0.25) is 19.8 Å². The zero-order valence-corrected chi connectivity index (χ0v) is 14.3. The molecule has 0 bridgehead atoms. The molecule has 2 amide bonds. The van der Waals surface area contributed by atoms with Crippen LogP contribution in [0.4, 0.5) is 4.79 Å². The maximum absolute atomic E-state index is 12.6. The summed E-state index contributed by atoms with van der Waals surface area (Å²) >= 11 is 0. The number of ketones is 1. The number of benzene rings is 1. The van der Waals surface area contributed by atoms with E-state index in [2.05, 4.69) is 16.2 Å². The van der Waals surface area contributed by atoms with Gasteiger partial charge in [-0.2, -0.15) is 0 Å². The third-order valence-corrected chi connectivity index (χ3v) is 4.06. The minimum absolute atomic E-state index is 0.126. The third kappa shape index (κ3) is 4.21. The quantitative estimate of drug-likeness (QED) is 0.519. The SMILES string of the molecule is C[C@@H](NNC(=O)c1ccccc1C=O)C(=O)[C@H]1NC(=O)OCC1(C)C. The van der Waals surface area contributed by atoms with Crippen molar-refractivity contribution in [3.05, 3.63) is 35.4 Å². The Hall–Kier alpha value is -2.74. The lowest BCUT2D eigenvalue weighted by Gasteiger charge is -2.38. The number of carbonyl (C=O) groups excluding carboxylic acids is 4.